The van der Waals surface area contributed by atoms with Gasteiger partial charge >= 0.3 is 6.18 Å². The molecule has 0 amide bonds. The Kier molecular flexibility index (Phi) is 4.80. The zero-order chi connectivity index (χ0) is 12.0. The third-order valence-electron chi connectivity index (χ3n) is 2.51. The number of halogens is 3. The predicted molar refractivity (Wildman–Crippen MR) is 58.3 cm³/mol. The number of alkyl halides is 3. The van der Waals surface area contributed by atoms with Gasteiger partial charge in [-0.05, 0) is 25.5 Å². The van der Waals surface area contributed by atoms with Crippen LogP contribution in [0.2, 0.25) is 0 Å². The number of rotatable bonds is 5. The summed E-state index contributed by atoms with van der Waals surface area (Å²) in [6.45, 7) is 0. The van der Waals surface area contributed by atoms with E-state index >= 15 is 0 Å². The van der Waals surface area contributed by atoms with Crippen LogP contribution in [-0.4, -0.2) is 19.3 Å². The van der Waals surface area contributed by atoms with E-state index in [9.17, 15) is 13.2 Å². The molecule has 0 bridgehead atoms. The Bertz CT molecular complexity index is 295. The molecule has 0 radical (unpaired) electrons. The number of hydrogen-bond acceptors (Lipinski definition) is 1. The first-order chi connectivity index (χ1) is 7.51. The summed E-state index contributed by atoms with van der Waals surface area (Å²) in [6, 6.07) is 9.05. The van der Waals surface area contributed by atoms with Gasteiger partial charge in [-0.15, -0.1) is 0 Å². The lowest BCUT2D eigenvalue weighted by atomic mass is 10.0. The summed E-state index contributed by atoms with van der Waals surface area (Å²) in [5.74, 6) is 0. The molecule has 0 spiro atoms. The summed E-state index contributed by atoms with van der Waals surface area (Å²) in [7, 11) is 1.57. The number of aryl methyl sites for hydroxylation is 1. The zero-order valence-electron chi connectivity index (χ0n) is 9.22. The minimum Gasteiger partial charge on any atom is -0.317 e. The molecule has 1 nitrogen and oxygen atoms in total. The Labute approximate surface area is 93.7 Å². The normalized spacial score (nSPS) is 13.8. The second-order valence-electron chi connectivity index (χ2n) is 3.83. The summed E-state index contributed by atoms with van der Waals surface area (Å²) >= 11 is 0. The van der Waals surface area contributed by atoms with Gasteiger partial charge in [0.25, 0.3) is 0 Å². The second-order valence-corrected chi connectivity index (χ2v) is 3.83. The second kappa shape index (κ2) is 5.89. The zero-order valence-corrected chi connectivity index (χ0v) is 9.22. The van der Waals surface area contributed by atoms with Crippen molar-refractivity contribution >= 4 is 0 Å². The van der Waals surface area contributed by atoms with Gasteiger partial charge in [0, 0.05) is 6.04 Å². The van der Waals surface area contributed by atoms with Gasteiger partial charge in [0.15, 0.2) is 0 Å². The first kappa shape index (κ1) is 13.0. The fourth-order valence-electron chi connectivity index (χ4n) is 1.61. The van der Waals surface area contributed by atoms with Crippen molar-refractivity contribution < 1.29 is 13.2 Å². The molecular formula is C12H16F3N. The topological polar surface area (TPSA) is 12.0 Å². The molecule has 1 N–H and O–H groups in total. The van der Waals surface area contributed by atoms with Gasteiger partial charge in [-0.25, -0.2) is 0 Å². The number of nitrogens with one attached hydrogen (secondary N) is 1. The van der Waals surface area contributed by atoms with Crippen LogP contribution in [-0.2, 0) is 6.42 Å². The molecule has 1 aromatic rings. The van der Waals surface area contributed by atoms with Gasteiger partial charge in [-0.3, -0.25) is 0 Å². The van der Waals surface area contributed by atoms with Crippen LogP contribution in [0.15, 0.2) is 30.3 Å². The van der Waals surface area contributed by atoms with E-state index < -0.39 is 18.6 Å². The minimum atomic E-state index is -4.09. The molecule has 0 heterocycles. The SMILES string of the molecule is CNC(CCc1ccccc1)CC(F)(F)F. The van der Waals surface area contributed by atoms with Crippen molar-refractivity contribution in [2.45, 2.75) is 31.5 Å². The number of hydrogen-bond donors (Lipinski definition) is 1. The molecule has 1 aromatic carbocycles. The molecule has 0 saturated carbocycles. The van der Waals surface area contributed by atoms with Crippen LogP contribution in [0.5, 0.6) is 0 Å². The van der Waals surface area contributed by atoms with Crippen molar-refractivity contribution in [3.8, 4) is 0 Å². The Hall–Kier alpha value is -1.03. The van der Waals surface area contributed by atoms with Crippen LogP contribution in [0.4, 0.5) is 13.2 Å². The molecule has 0 aliphatic carbocycles. The summed E-state index contributed by atoms with van der Waals surface area (Å²) in [5.41, 5.74) is 1.07. The highest BCUT2D eigenvalue weighted by molar-refractivity contribution is 5.14. The molecule has 0 fully saturated rings. The van der Waals surface area contributed by atoms with Crippen LogP contribution in [0.3, 0.4) is 0 Å². The van der Waals surface area contributed by atoms with Gasteiger partial charge in [0.2, 0.25) is 0 Å². The van der Waals surface area contributed by atoms with Crippen molar-refractivity contribution in [3.05, 3.63) is 35.9 Å². The quantitative estimate of drug-likeness (QED) is 0.820. The van der Waals surface area contributed by atoms with Gasteiger partial charge < -0.3 is 5.32 Å². The van der Waals surface area contributed by atoms with E-state index in [0.29, 0.717) is 12.8 Å². The largest absolute Gasteiger partial charge is 0.390 e. The van der Waals surface area contributed by atoms with Crippen molar-refractivity contribution in [2.75, 3.05) is 7.05 Å². The van der Waals surface area contributed by atoms with Crippen LogP contribution < -0.4 is 5.32 Å². The van der Waals surface area contributed by atoms with E-state index in [-0.39, 0.29) is 0 Å². The van der Waals surface area contributed by atoms with E-state index in [1.54, 1.807) is 7.05 Å². The Balaban J connectivity index is 2.40. The van der Waals surface area contributed by atoms with Crippen molar-refractivity contribution in [1.29, 1.82) is 0 Å². The van der Waals surface area contributed by atoms with Crippen LogP contribution >= 0.6 is 0 Å². The molecule has 90 valence electrons. The Morgan fingerprint density at radius 3 is 2.31 bits per heavy atom. The Morgan fingerprint density at radius 2 is 1.81 bits per heavy atom. The molecule has 0 saturated heterocycles. The summed E-state index contributed by atoms with van der Waals surface area (Å²) < 4.78 is 36.5. The van der Waals surface area contributed by atoms with E-state index in [1.807, 2.05) is 30.3 Å². The lowest BCUT2D eigenvalue weighted by Gasteiger charge is -2.17. The van der Waals surface area contributed by atoms with Gasteiger partial charge in [-0.2, -0.15) is 13.2 Å². The number of benzene rings is 1. The van der Waals surface area contributed by atoms with Crippen molar-refractivity contribution in [1.82, 2.24) is 5.32 Å². The summed E-state index contributed by atoms with van der Waals surface area (Å²) in [5, 5.41) is 2.71. The summed E-state index contributed by atoms with van der Waals surface area (Å²) in [6.07, 6.45) is -3.69. The van der Waals surface area contributed by atoms with E-state index in [2.05, 4.69) is 5.32 Å². The lowest BCUT2D eigenvalue weighted by molar-refractivity contribution is -0.140. The van der Waals surface area contributed by atoms with Crippen LogP contribution in [0, 0.1) is 0 Å². The van der Waals surface area contributed by atoms with E-state index in [4.69, 9.17) is 0 Å². The molecule has 1 unspecified atom stereocenters. The van der Waals surface area contributed by atoms with E-state index in [0.717, 1.165) is 5.56 Å². The monoisotopic (exact) mass is 231 g/mol. The molecule has 16 heavy (non-hydrogen) atoms. The lowest BCUT2D eigenvalue weighted by Crippen LogP contribution is -2.31. The first-order valence-electron chi connectivity index (χ1n) is 5.29. The third-order valence-corrected chi connectivity index (χ3v) is 2.51. The van der Waals surface area contributed by atoms with Crippen LogP contribution in [0.1, 0.15) is 18.4 Å². The maximum atomic E-state index is 12.2. The smallest absolute Gasteiger partial charge is 0.317 e. The van der Waals surface area contributed by atoms with Crippen molar-refractivity contribution in [3.63, 3.8) is 0 Å². The molecule has 0 aliphatic rings. The summed E-state index contributed by atoms with van der Waals surface area (Å²) in [4.78, 5) is 0. The van der Waals surface area contributed by atoms with Gasteiger partial charge in [0.05, 0.1) is 6.42 Å². The highest BCUT2D eigenvalue weighted by Crippen LogP contribution is 2.23. The van der Waals surface area contributed by atoms with Gasteiger partial charge in [-0.1, -0.05) is 30.3 Å². The molecule has 0 aliphatic heterocycles. The predicted octanol–water partition coefficient (Wildman–Crippen LogP) is 3.16. The molecule has 1 rings (SSSR count). The highest BCUT2D eigenvalue weighted by Gasteiger charge is 2.30. The van der Waals surface area contributed by atoms with Crippen molar-refractivity contribution in [2.24, 2.45) is 0 Å². The maximum Gasteiger partial charge on any atom is 0.390 e. The molecule has 4 heteroatoms. The minimum absolute atomic E-state index is 0.500. The maximum absolute atomic E-state index is 12.2. The first-order valence-corrected chi connectivity index (χ1v) is 5.29. The average Bonchev–Trinajstić information content (AvgIpc) is 2.24. The standard InChI is InChI=1S/C12H16F3N/c1-16-11(9-12(13,14)15)8-7-10-5-3-2-4-6-10/h2-6,11,16H,7-9H2,1H3. The van der Waals surface area contributed by atoms with Gasteiger partial charge in [0.1, 0.15) is 0 Å². The van der Waals surface area contributed by atoms with E-state index in [1.165, 1.54) is 0 Å². The highest BCUT2D eigenvalue weighted by atomic mass is 19.4. The van der Waals surface area contributed by atoms with Crippen LogP contribution in [0.25, 0.3) is 0 Å². The fourth-order valence-corrected chi connectivity index (χ4v) is 1.61. The Morgan fingerprint density at radius 1 is 1.19 bits per heavy atom. The third kappa shape index (κ3) is 5.16. The molecular weight excluding hydrogens is 215 g/mol. The fraction of sp³-hybridized carbons (Fsp3) is 0.500. The molecule has 1 atom stereocenters. The average molecular weight is 231 g/mol. The molecule has 0 aromatic heterocycles.